The van der Waals surface area contributed by atoms with Crippen LogP contribution in [0.25, 0.3) is 10.9 Å². The Morgan fingerprint density at radius 2 is 1.90 bits per heavy atom. The zero-order valence-electron chi connectivity index (χ0n) is 17.4. The van der Waals surface area contributed by atoms with Crippen molar-refractivity contribution >= 4 is 28.2 Å². The number of Topliss-reactive ketones (excluding diaryl/α,β-unsaturated/α-hetero) is 1. The third kappa shape index (κ3) is 4.83. The SMILES string of the molecule is CCC(=O)CCCOc1cc(N(C)c2nc(C)nc3ccccc23)ccc1OC. The number of rotatable bonds is 9. The van der Waals surface area contributed by atoms with E-state index in [1.165, 1.54) is 0 Å². The normalized spacial score (nSPS) is 10.8. The number of nitrogens with zero attached hydrogens (tertiary/aromatic N) is 3. The van der Waals surface area contributed by atoms with Crippen molar-refractivity contribution in [2.45, 2.75) is 33.1 Å². The average Bonchev–Trinajstić information content (AvgIpc) is 2.75. The van der Waals surface area contributed by atoms with E-state index < -0.39 is 0 Å². The van der Waals surface area contributed by atoms with Gasteiger partial charge in [-0.2, -0.15) is 0 Å². The Bertz CT molecular complexity index is 1000. The molecule has 1 aromatic heterocycles. The lowest BCUT2D eigenvalue weighted by molar-refractivity contribution is -0.118. The van der Waals surface area contributed by atoms with Crippen LogP contribution >= 0.6 is 0 Å². The van der Waals surface area contributed by atoms with E-state index in [0.717, 1.165) is 28.2 Å². The van der Waals surface area contributed by atoms with Gasteiger partial charge in [-0.25, -0.2) is 9.97 Å². The van der Waals surface area contributed by atoms with Gasteiger partial charge < -0.3 is 14.4 Å². The van der Waals surface area contributed by atoms with Crippen LogP contribution in [0, 0.1) is 6.92 Å². The Kier molecular flexibility index (Phi) is 6.65. The van der Waals surface area contributed by atoms with Crippen molar-refractivity contribution in [1.82, 2.24) is 9.97 Å². The van der Waals surface area contributed by atoms with Crippen LogP contribution in [-0.4, -0.2) is 36.5 Å². The molecule has 0 spiro atoms. The van der Waals surface area contributed by atoms with Crippen molar-refractivity contribution in [3.8, 4) is 11.5 Å². The lowest BCUT2D eigenvalue weighted by Crippen LogP contribution is -2.13. The van der Waals surface area contributed by atoms with E-state index in [1.54, 1.807) is 7.11 Å². The molecule has 2 aromatic carbocycles. The van der Waals surface area contributed by atoms with Crippen LogP contribution in [0.2, 0.25) is 0 Å². The molecule has 0 fully saturated rings. The van der Waals surface area contributed by atoms with Gasteiger partial charge in [0.25, 0.3) is 0 Å². The van der Waals surface area contributed by atoms with E-state index in [-0.39, 0.29) is 5.78 Å². The maximum absolute atomic E-state index is 11.5. The van der Waals surface area contributed by atoms with Gasteiger partial charge in [0, 0.05) is 37.0 Å². The van der Waals surface area contributed by atoms with E-state index in [2.05, 4.69) is 9.97 Å². The summed E-state index contributed by atoms with van der Waals surface area (Å²) in [5.74, 6) is 3.11. The number of carbonyl (C=O) groups excluding carboxylic acids is 1. The molecule has 1 heterocycles. The standard InChI is InChI=1S/C23H27N3O3/c1-5-18(27)9-8-14-29-22-15-17(12-13-21(22)28-4)26(3)23-19-10-6-7-11-20(19)24-16(2)25-23/h6-7,10-13,15H,5,8-9,14H2,1-4H3. The minimum atomic E-state index is 0.250. The Morgan fingerprint density at radius 3 is 2.66 bits per heavy atom. The van der Waals surface area contributed by atoms with Crippen molar-refractivity contribution < 1.29 is 14.3 Å². The summed E-state index contributed by atoms with van der Waals surface area (Å²) in [6, 6.07) is 13.8. The number of benzene rings is 2. The second-order valence-corrected chi connectivity index (χ2v) is 6.85. The second kappa shape index (κ2) is 9.37. The predicted molar refractivity (Wildman–Crippen MR) is 115 cm³/mol. The molecule has 0 unspecified atom stereocenters. The smallest absolute Gasteiger partial charge is 0.163 e. The molecule has 0 radical (unpaired) electrons. The van der Waals surface area contributed by atoms with Gasteiger partial charge in [-0.05, 0) is 37.6 Å². The molecule has 0 N–H and O–H groups in total. The fraction of sp³-hybridized carbons (Fsp3) is 0.348. The number of fused-ring (bicyclic) bond motifs is 1. The van der Waals surface area contributed by atoms with Gasteiger partial charge in [0.2, 0.25) is 0 Å². The third-order valence-electron chi connectivity index (χ3n) is 4.80. The largest absolute Gasteiger partial charge is 0.493 e. The van der Waals surface area contributed by atoms with Crippen molar-refractivity contribution in [3.63, 3.8) is 0 Å². The van der Waals surface area contributed by atoms with E-state index in [0.29, 0.717) is 37.4 Å². The summed E-state index contributed by atoms with van der Waals surface area (Å²) in [6.45, 7) is 4.23. The quantitative estimate of drug-likeness (QED) is 0.484. The monoisotopic (exact) mass is 393 g/mol. The van der Waals surface area contributed by atoms with Gasteiger partial charge in [-0.1, -0.05) is 19.1 Å². The summed E-state index contributed by atoms with van der Waals surface area (Å²) in [4.78, 5) is 22.7. The number of anilines is 2. The molecule has 0 atom stereocenters. The molecular formula is C23H27N3O3. The second-order valence-electron chi connectivity index (χ2n) is 6.85. The molecule has 3 rings (SSSR count). The highest BCUT2D eigenvalue weighted by Crippen LogP contribution is 2.35. The third-order valence-corrected chi connectivity index (χ3v) is 4.80. The van der Waals surface area contributed by atoms with Crippen LogP contribution in [0.5, 0.6) is 11.5 Å². The Balaban J connectivity index is 1.86. The summed E-state index contributed by atoms with van der Waals surface area (Å²) in [5, 5.41) is 0.983. The molecule has 3 aromatic rings. The lowest BCUT2D eigenvalue weighted by atomic mass is 10.2. The highest BCUT2D eigenvalue weighted by Gasteiger charge is 2.14. The van der Waals surface area contributed by atoms with Gasteiger partial charge in [0.05, 0.1) is 19.2 Å². The first-order valence-electron chi connectivity index (χ1n) is 9.83. The highest BCUT2D eigenvalue weighted by molar-refractivity contribution is 5.91. The molecule has 0 bridgehead atoms. The first kappa shape index (κ1) is 20.6. The first-order chi connectivity index (χ1) is 14.0. The minimum Gasteiger partial charge on any atom is -0.493 e. The molecule has 0 saturated carbocycles. The van der Waals surface area contributed by atoms with Crippen molar-refractivity contribution in [3.05, 3.63) is 48.3 Å². The van der Waals surface area contributed by atoms with E-state index >= 15 is 0 Å². The van der Waals surface area contributed by atoms with Crippen LogP contribution < -0.4 is 14.4 Å². The Morgan fingerprint density at radius 1 is 1.10 bits per heavy atom. The van der Waals surface area contributed by atoms with E-state index in [4.69, 9.17) is 9.47 Å². The van der Waals surface area contributed by atoms with Crippen molar-refractivity contribution in [2.24, 2.45) is 0 Å². The van der Waals surface area contributed by atoms with Crippen molar-refractivity contribution in [2.75, 3.05) is 25.7 Å². The van der Waals surface area contributed by atoms with Crippen LogP contribution in [0.1, 0.15) is 32.0 Å². The van der Waals surface area contributed by atoms with Crippen LogP contribution in [-0.2, 0) is 4.79 Å². The molecule has 6 heteroatoms. The molecule has 6 nitrogen and oxygen atoms in total. The Hall–Kier alpha value is -3.15. The molecule has 29 heavy (non-hydrogen) atoms. The van der Waals surface area contributed by atoms with Crippen molar-refractivity contribution in [1.29, 1.82) is 0 Å². The maximum atomic E-state index is 11.5. The molecule has 0 aliphatic rings. The first-order valence-corrected chi connectivity index (χ1v) is 9.83. The fourth-order valence-electron chi connectivity index (χ4n) is 3.17. The van der Waals surface area contributed by atoms with Crippen LogP contribution in [0.15, 0.2) is 42.5 Å². The van der Waals surface area contributed by atoms with Gasteiger partial charge in [-0.3, -0.25) is 4.79 Å². The average molecular weight is 393 g/mol. The summed E-state index contributed by atoms with van der Waals surface area (Å²) in [5.41, 5.74) is 1.83. The highest BCUT2D eigenvalue weighted by atomic mass is 16.5. The van der Waals surface area contributed by atoms with Crippen LogP contribution in [0.3, 0.4) is 0 Å². The number of hydrogen-bond acceptors (Lipinski definition) is 6. The van der Waals surface area contributed by atoms with Gasteiger partial charge >= 0.3 is 0 Å². The topological polar surface area (TPSA) is 64.5 Å². The summed E-state index contributed by atoms with van der Waals surface area (Å²) >= 11 is 0. The van der Waals surface area contributed by atoms with Gasteiger partial charge in [-0.15, -0.1) is 0 Å². The molecule has 0 aliphatic heterocycles. The Labute approximate surface area is 171 Å². The molecular weight excluding hydrogens is 366 g/mol. The molecule has 0 aliphatic carbocycles. The number of methoxy groups -OCH3 is 1. The fourth-order valence-corrected chi connectivity index (χ4v) is 3.17. The number of carbonyl (C=O) groups is 1. The minimum absolute atomic E-state index is 0.250. The zero-order chi connectivity index (χ0) is 20.8. The number of para-hydroxylation sites is 1. The summed E-state index contributed by atoms with van der Waals surface area (Å²) in [6.07, 6.45) is 1.78. The number of ether oxygens (including phenoxy) is 2. The lowest BCUT2D eigenvalue weighted by Gasteiger charge is -2.22. The molecule has 0 amide bonds. The van der Waals surface area contributed by atoms with E-state index in [1.807, 2.05) is 68.3 Å². The summed E-state index contributed by atoms with van der Waals surface area (Å²) in [7, 11) is 3.59. The molecule has 152 valence electrons. The predicted octanol–water partition coefficient (Wildman–Crippen LogP) is 4.85. The number of hydrogen-bond donors (Lipinski definition) is 0. The van der Waals surface area contributed by atoms with Gasteiger partial charge in [0.15, 0.2) is 11.5 Å². The maximum Gasteiger partial charge on any atom is 0.163 e. The number of aromatic nitrogens is 2. The van der Waals surface area contributed by atoms with Crippen LogP contribution in [0.4, 0.5) is 11.5 Å². The zero-order valence-corrected chi connectivity index (χ0v) is 17.4. The molecule has 0 saturated heterocycles. The van der Waals surface area contributed by atoms with Gasteiger partial charge in [0.1, 0.15) is 17.4 Å². The summed E-state index contributed by atoms with van der Waals surface area (Å²) < 4.78 is 11.4. The number of ketones is 1. The number of aryl methyl sites for hydroxylation is 1. The van der Waals surface area contributed by atoms with E-state index in [9.17, 15) is 4.79 Å².